The molecule has 140 valence electrons. The molecule has 2 amide bonds. The predicted molar refractivity (Wildman–Crippen MR) is 103 cm³/mol. The second-order valence-electron chi connectivity index (χ2n) is 7.39. The van der Waals surface area contributed by atoms with Crippen LogP contribution in [0.15, 0.2) is 42.6 Å². The van der Waals surface area contributed by atoms with Gasteiger partial charge in [0.1, 0.15) is 0 Å². The number of hydrogen-bond acceptors (Lipinski definition) is 3. The highest BCUT2D eigenvalue weighted by atomic mass is 35.5. The number of carbonyl (C=O) groups is 2. The van der Waals surface area contributed by atoms with E-state index >= 15 is 0 Å². The molecule has 3 fully saturated rings. The maximum absolute atomic E-state index is 13.0. The largest absolute Gasteiger partial charge is 0.336 e. The molecule has 2 bridgehead atoms. The summed E-state index contributed by atoms with van der Waals surface area (Å²) in [6.07, 6.45) is 3.51. The highest BCUT2D eigenvalue weighted by Gasteiger charge is 2.42. The number of fused-ring (bicyclic) bond motifs is 4. The Hall–Kier alpha value is -2.40. The summed E-state index contributed by atoms with van der Waals surface area (Å²) >= 11 is 6.09. The van der Waals surface area contributed by atoms with Gasteiger partial charge in [0.15, 0.2) is 0 Å². The van der Waals surface area contributed by atoms with E-state index in [2.05, 4.69) is 4.98 Å². The monoisotopic (exact) mass is 383 g/mol. The second-order valence-corrected chi connectivity index (χ2v) is 7.80. The van der Waals surface area contributed by atoms with E-state index in [4.69, 9.17) is 11.6 Å². The van der Waals surface area contributed by atoms with Crippen molar-refractivity contribution in [2.24, 2.45) is 5.92 Å². The first kappa shape index (κ1) is 18.0. The van der Waals surface area contributed by atoms with Crippen LogP contribution in [-0.2, 0) is 11.3 Å². The fraction of sp³-hybridized carbons (Fsp3) is 0.381. The lowest BCUT2D eigenvalue weighted by molar-refractivity contribution is -0.140. The van der Waals surface area contributed by atoms with Gasteiger partial charge in [-0.25, -0.2) is 0 Å². The molecule has 1 aromatic carbocycles. The summed E-state index contributed by atoms with van der Waals surface area (Å²) in [6.45, 7) is 3.44. The van der Waals surface area contributed by atoms with Gasteiger partial charge in [0, 0.05) is 35.9 Å². The predicted octanol–water partition coefficient (Wildman–Crippen LogP) is 3.31. The Bertz CT molecular complexity index is 871. The molecule has 1 aromatic heterocycles. The van der Waals surface area contributed by atoms with Crippen LogP contribution in [0.2, 0.25) is 5.02 Å². The molecule has 0 N–H and O–H groups in total. The molecular formula is C21H22ClN3O2. The van der Waals surface area contributed by atoms with Crippen molar-refractivity contribution < 1.29 is 9.59 Å². The van der Waals surface area contributed by atoms with Gasteiger partial charge in [0.25, 0.3) is 5.91 Å². The number of amides is 2. The maximum Gasteiger partial charge on any atom is 0.253 e. The second kappa shape index (κ2) is 7.31. The van der Waals surface area contributed by atoms with Crippen LogP contribution < -0.4 is 0 Å². The third-order valence-electron chi connectivity index (χ3n) is 5.54. The Morgan fingerprint density at radius 2 is 2.07 bits per heavy atom. The molecule has 0 spiro atoms. The molecule has 0 saturated carbocycles. The summed E-state index contributed by atoms with van der Waals surface area (Å²) < 4.78 is 0. The van der Waals surface area contributed by atoms with E-state index < -0.39 is 0 Å². The van der Waals surface area contributed by atoms with Crippen molar-refractivity contribution in [1.82, 2.24) is 14.8 Å². The van der Waals surface area contributed by atoms with Gasteiger partial charge in [-0.1, -0.05) is 17.7 Å². The Kier molecular flexibility index (Phi) is 4.87. The van der Waals surface area contributed by atoms with Crippen LogP contribution in [0.1, 0.15) is 34.5 Å². The highest BCUT2D eigenvalue weighted by molar-refractivity contribution is 6.31. The van der Waals surface area contributed by atoms with E-state index in [1.807, 2.05) is 41.0 Å². The average Bonchev–Trinajstić information content (AvgIpc) is 2.97. The lowest BCUT2D eigenvalue weighted by Gasteiger charge is -2.35. The van der Waals surface area contributed by atoms with Crippen LogP contribution in [-0.4, -0.2) is 45.7 Å². The van der Waals surface area contributed by atoms with Crippen molar-refractivity contribution >= 4 is 23.4 Å². The van der Waals surface area contributed by atoms with Crippen molar-refractivity contribution in [3.05, 3.63) is 64.4 Å². The van der Waals surface area contributed by atoms with Crippen LogP contribution >= 0.6 is 11.6 Å². The lowest BCUT2D eigenvalue weighted by Crippen LogP contribution is -2.47. The minimum absolute atomic E-state index is 0.0286. The molecule has 0 aliphatic carbocycles. The van der Waals surface area contributed by atoms with Crippen LogP contribution in [0.4, 0.5) is 0 Å². The fourth-order valence-electron chi connectivity index (χ4n) is 4.04. The van der Waals surface area contributed by atoms with Crippen molar-refractivity contribution in [3.63, 3.8) is 0 Å². The van der Waals surface area contributed by atoms with E-state index in [0.717, 1.165) is 24.1 Å². The molecule has 6 heteroatoms. The van der Waals surface area contributed by atoms with Crippen molar-refractivity contribution in [2.75, 3.05) is 13.1 Å². The van der Waals surface area contributed by atoms with E-state index in [-0.39, 0.29) is 23.8 Å². The maximum atomic E-state index is 13.0. The summed E-state index contributed by atoms with van der Waals surface area (Å²) in [6, 6.07) is 11.1. The molecule has 4 heterocycles. The number of rotatable bonds is 3. The van der Waals surface area contributed by atoms with Crippen LogP contribution in [0.25, 0.3) is 0 Å². The van der Waals surface area contributed by atoms with Crippen molar-refractivity contribution in [1.29, 1.82) is 0 Å². The van der Waals surface area contributed by atoms with Gasteiger partial charge in [-0.2, -0.15) is 0 Å². The zero-order chi connectivity index (χ0) is 19.0. The Morgan fingerprint density at radius 1 is 1.22 bits per heavy atom. The van der Waals surface area contributed by atoms with Crippen molar-refractivity contribution in [3.8, 4) is 0 Å². The summed E-state index contributed by atoms with van der Waals surface area (Å²) in [5, 5.41) is 0.652. The number of halogens is 1. The minimum Gasteiger partial charge on any atom is -0.336 e. The number of carbonyl (C=O) groups excluding carboxylic acids is 2. The lowest BCUT2D eigenvalue weighted by atomic mass is 9.94. The van der Waals surface area contributed by atoms with Crippen LogP contribution in [0.5, 0.6) is 0 Å². The first-order valence-electron chi connectivity index (χ1n) is 9.29. The van der Waals surface area contributed by atoms with Crippen LogP contribution in [0.3, 0.4) is 0 Å². The zero-order valence-corrected chi connectivity index (χ0v) is 16.0. The molecule has 0 unspecified atom stereocenters. The van der Waals surface area contributed by atoms with Gasteiger partial charge in [-0.15, -0.1) is 0 Å². The van der Waals surface area contributed by atoms with Crippen molar-refractivity contribution in [2.45, 2.75) is 32.4 Å². The molecule has 5 rings (SSSR count). The third-order valence-corrected chi connectivity index (χ3v) is 5.97. The summed E-state index contributed by atoms with van der Waals surface area (Å²) in [5.41, 5.74) is 2.39. The molecule has 3 aliphatic rings. The Balaban J connectivity index is 1.56. The van der Waals surface area contributed by atoms with Gasteiger partial charge in [-0.05, 0) is 55.7 Å². The summed E-state index contributed by atoms with van der Waals surface area (Å²) in [5.74, 6) is -0.0246. The quantitative estimate of drug-likeness (QED) is 0.817. The number of benzene rings is 1. The Labute approximate surface area is 163 Å². The van der Waals surface area contributed by atoms with Gasteiger partial charge >= 0.3 is 0 Å². The first-order chi connectivity index (χ1) is 13.0. The Morgan fingerprint density at radius 3 is 2.81 bits per heavy atom. The highest BCUT2D eigenvalue weighted by Crippen LogP contribution is 2.31. The molecule has 27 heavy (non-hydrogen) atoms. The van der Waals surface area contributed by atoms with Gasteiger partial charge in [0.2, 0.25) is 5.91 Å². The van der Waals surface area contributed by atoms with Gasteiger partial charge < -0.3 is 9.80 Å². The number of aryl methyl sites for hydroxylation is 1. The van der Waals surface area contributed by atoms with E-state index in [1.165, 1.54) is 0 Å². The zero-order valence-electron chi connectivity index (χ0n) is 15.3. The molecule has 5 nitrogen and oxygen atoms in total. The van der Waals surface area contributed by atoms with Gasteiger partial charge in [-0.3, -0.25) is 14.6 Å². The topological polar surface area (TPSA) is 53.5 Å². The smallest absolute Gasteiger partial charge is 0.253 e. The number of aromatic nitrogens is 1. The van der Waals surface area contributed by atoms with Gasteiger partial charge in [0.05, 0.1) is 18.2 Å². The number of nitrogens with zero attached hydrogens (tertiary/aromatic N) is 3. The molecule has 3 aliphatic heterocycles. The third kappa shape index (κ3) is 3.56. The minimum atomic E-state index is -0.134. The first-order valence-corrected chi connectivity index (χ1v) is 9.66. The molecule has 2 atom stereocenters. The molecule has 3 saturated heterocycles. The van der Waals surface area contributed by atoms with E-state index in [0.29, 0.717) is 30.2 Å². The number of piperidine rings is 1. The number of hydrogen-bond donors (Lipinski definition) is 0. The summed E-state index contributed by atoms with van der Waals surface area (Å²) in [4.78, 5) is 34.1. The number of pyridine rings is 1. The van der Waals surface area contributed by atoms with Crippen LogP contribution in [0, 0.1) is 12.8 Å². The standard InChI is InChI=1S/C21H22ClN3O2/c1-14-10-15(6-8-19(14)22)20(26)24-11-16-5-7-18(13-24)25(21(16)27)12-17-4-2-3-9-23-17/h2-4,6,8-10,16,18H,5,7,11-13H2,1H3/t16-,18+/m1/s1. The fourth-order valence-corrected chi connectivity index (χ4v) is 4.16. The summed E-state index contributed by atoms with van der Waals surface area (Å²) in [7, 11) is 0. The molecule has 2 aromatic rings. The van der Waals surface area contributed by atoms with E-state index in [9.17, 15) is 9.59 Å². The molecule has 0 radical (unpaired) electrons. The SMILES string of the molecule is Cc1cc(C(=O)N2C[C@H]3CC[C@@H](C2)N(Cc2ccccn2)C3=O)ccc1Cl. The van der Waals surface area contributed by atoms with E-state index in [1.54, 1.807) is 18.3 Å². The average molecular weight is 384 g/mol. The molecular weight excluding hydrogens is 362 g/mol. The normalized spacial score (nSPS) is 22.1.